The summed E-state index contributed by atoms with van der Waals surface area (Å²) in [4.78, 5) is 0. The molecule has 0 radical (unpaired) electrons. The number of nitrogens with zero attached hydrogens (tertiary/aromatic N) is 2. The summed E-state index contributed by atoms with van der Waals surface area (Å²) < 4.78 is 7.19. The van der Waals surface area contributed by atoms with E-state index in [2.05, 4.69) is 11.3 Å². The minimum atomic E-state index is -0.621. The summed E-state index contributed by atoms with van der Waals surface area (Å²) >= 11 is 0. The van der Waals surface area contributed by atoms with E-state index in [9.17, 15) is 5.11 Å². The molecule has 5 nitrogen and oxygen atoms in total. The molecule has 2 rings (SSSR count). The molecule has 16 heavy (non-hydrogen) atoms. The van der Waals surface area contributed by atoms with Crippen LogP contribution in [0, 0.1) is 20.0 Å². The Morgan fingerprint density at radius 2 is 2.25 bits per heavy atom. The molecule has 0 bridgehead atoms. The Labute approximate surface area is 137 Å². The summed E-state index contributed by atoms with van der Waals surface area (Å²) in [5.74, 6) is 0. The number of rotatable bonds is 2. The van der Waals surface area contributed by atoms with E-state index in [1.165, 1.54) is 0 Å². The predicted molar refractivity (Wildman–Crippen MR) is 52.2 cm³/mol. The van der Waals surface area contributed by atoms with Crippen molar-refractivity contribution < 1.29 is 66.3 Å². The van der Waals surface area contributed by atoms with Crippen molar-refractivity contribution in [2.45, 2.75) is 38.7 Å². The first-order valence-electron chi connectivity index (χ1n) is 5.01. The van der Waals surface area contributed by atoms with Crippen LogP contribution in [0.2, 0.25) is 0 Å². The van der Waals surface area contributed by atoms with Crippen molar-refractivity contribution in [2.24, 2.45) is 0 Å². The van der Waals surface area contributed by atoms with Gasteiger partial charge >= 0.3 is 51.4 Å². The molecule has 1 aromatic rings. The van der Waals surface area contributed by atoms with Gasteiger partial charge in [0.05, 0.1) is 12.7 Å². The van der Waals surface area contributed by atoms with Gasteiger partial charge in [0.1, 0.15) is 12.3 Å². The van der Waals surface area contributed by atoms with Crippen LogP contribution in [0.5, 0.6) is 0 Å². The van der Waals surface area contributed by atoms with E-state index >= 15 is 0 Å². The van der Waals surface area contributed by atoms with E-state index in [0.29, 0.717) is 6.42 Å². The topological polar surface area (TPSA) is 67.5 Å². The van der Waals surface area contributed by atoms with Gasteiger partial charge < -0.3 is 24.7 Å². The summed E-state index contributed by atoms with van der Waals surface area (Å²) in [6, 6.07) is 0. The minimum absolute atomic E-state index is 0. The first kappa shape index (κ1) is 14.8. The van der Waals surface area contributed by atoms with Gasteiger partial charge in [0, 0.05) is 6.42 Å². The Balaban J connectivity index is 0.00000128. The normalized spacial score (nSPS) is 29.1. The SMILES string of the molecule is Cc1[c-]nn(C2CC(O)C(CO)O2)c1C.[K+]. The van der Waals surface area contributed by atoms with Crippen molar-refractivity contribution in [1.82, 2.24) is 9.78 Å². The molecule has 0 spiro atoms. The van der Waals surface area contributed by atoms with E-state index in [0.717, 1.165) is 11.3 Å². The average molecular weight is 250 g/mol. The van der Waals surface area contributed by atoms with Gasteiger partial charge in [-0.2, -0.15) is 5.56 Å². The Bertz CT molecular complexity index is 356. The predicted octanol–water partition coefficient (Wildman–Crippen LogP) is -3.06. The monoisotopic (exact) mass is 250 g/mol. The van der Waals surface area contributed by atoms with Crippen molar-refractivity contribution in [1.29, 1.82) is 0 Å². The summed E-state index contributed by atoms with van der Waals surface area (Å²) in [6.07, 6.45) is 1.90. The van der Waals surface area contributed by atoms with E-state index in [4.69, 9.17) is 9.84 Å². The number of aryl methyl sites for hydroxylation is 1. The van der Waals surface area contributed by atoms with Gasteiger partial charge in [-0.3, -0.25) is 0 Å². The molecule has 3 unspecified atom stereocenters. The zero-order valence-electron chi connectivity index (χ0n) is 9.84. The Morgan fingerprint density at radius 1 is 1.56 bits per heavy atom. The van der Waals surface area contributed by atoms with Crippen LogP contribution >= 0.6 is 0 Å². The molecule has 2 N–H and O–H groups in total. The average Bonchev–Trinajstić information content (AvgIpc) is 2.72. The van der Waals surface area contributed by atoms with Crippen molar-refractivity contribution in [2.75, 3.05) is 6.61 Å². The van der Waals surface area contributed by atoms with E-state index in [-0.39, 0.29) is 64.2 Å². The van der Waals surface area contributed by atoms with Crippen molar-refractivity contribution in [3.8, 4) is 0 Å². The molecule has 0 amide bonds. The minimum Gasteiger partial charge on any atom is -0.394 e. The molecule has 1 saturated heterocycles. The van der Waals surface area contributed by atoms with Gasteiger partial charge in [-0.05, 0) is 0 Å². The zero-order chi connectivity index (χ0) is 11.0. The van der Waals surface area contributed by atoms with E-state index in [1.54, 1.807) is 4.68 Å². The molecule has 0 saturated carbocycles. The van der Waals surface area contributed by atoms with Gasteiger partial charge in [-0.1, -0.05) is 13.8 Å². The smallest absolute Gasteiger partial charge is 0.394 e. The molecular weight excluding hydrogens is 235 g/mol. The van der Waals surface area contributed by atoms with E-state index in [1.807, 2.05) is 13.8 Å². The second-order valence-electron chi connectivity index (χ2n) is 3.88. The quantitative estimate of drug-likeness (QED) is 0.432. The Morgan fingerprint density at radius 3 is 2.69 bits per heavy atom. The third-order valence-electron chi connectivity index (χ3n) is 2.87. The molecule has 6 heteroatoms. The molecule has 84 valence electrons. The maximum atomic E-state index is 9.58. The van der Waals surface area contributed by atoms with Crippen LogP contribution in [0.4, 0.5) is 0 Å². The molecule has 2 heterocycles. The number of aliphatic hydroxyl groups excluding tert-OH is 2. The second-order valence-corrected chi connectivity index (χ2v) is 3.88. The number of ether oxygens (including phenoxy) is 1. The van der Waals surface area contributed by atoms with Crippen LogP contribution in [0.15, 0.2) is 0 Å². The number of aliphatic hydroxyl groups is 2. The Kier molecular flexibility index (Phi) is 5.60. The first-order chi connectivity index (χ1) is 7.13. The van der Waals surface area contributed by atoms with Gasteiger partial charge in [0.2, 0.25) is 0 Å². The number of aromatic nitrogens is 2. The maximum absolute atomic E-state index is 9.58. The van der Waals surface area contributed by atoms with Gasteiger partial charge in [0.25, 0.3) is 0 Å². The summed E-state index contributed by atoms with van der Waals surface area (Å²) in [5, 5.41) is 22.6. The van der Waals surface area contributed by atoms with Crippen LogP contribution < -0.4 is 51.4 Å². The number of hydrogen-bond donors (Lipinski definition) is 2. The van der Waals surface area contributed by atoms with Crippen LogP contribution in [0.25, 0.3) is 0 Å². The Hall–Kier alpha value is 0.726. The standard InChI is InChI=1S/C10H15N2O3.K/c1-6-4-11-12(7(6)2)10-3-8(14)9(5-13)15-10;/h8-10,13-14H,3,5H2,1-2H3;/q-1;+1. The fraction of sp³-hybridized carbons (Fsp3) is 0.700. The zero-order valence-corrected chi connectivity index (χ0v) is 13.0. The summed E-state index contributed by atoms with van der Waals surface area (Å²) in [5.41, 5.74) is 1.95. The molecular formula is C10H15KN2O3. The summed E-state index contributed by atoms with van der Waals surface area (Å²) in [7, 11) is 0. The third-order valence-corrected chi connectivity index (χ3v) is 2.87. The maximum Gasteiger partial charge on any atom is 1.00 e. The molecule has 0 aliphatic carbocycles. The molecule has 1 aromatic heterocycles. The van der Waals surface area contributed by atoms with Gasteiger partial charge in [0.15, 0.2) is 0 Å². The fourth-order valence-corrected chi connectivity index (χ4v) is 1.77. The van der Waals surface area contributed by atoms with Gasteiger partial charge in [-0.15, -0.1) is 11.9 Å². The van der Waals surface area contributed by atoms with Crippen LogP contribution in [-0.2, 0) is 4.74 Å². The van der Waals surface area contributed by atoms with Crippen molar-refractivity contribution >= 4 is 0 Å². The van der Waals surface area contributed by atoms with Crippen LogP contribution in [-0.4, -0.2) is 38.8 Å². The van der Waals surface area contributed by atoms with Crippen molar-refractivity contribution in [3.63, 3.8) is 0 Å². The molecule has 1 aliphatic heterocycles. The first-order valence-corrected chi connectivity index (χ1v) is 5.01. The third kappa shape index (κ3) is 2.76. The van der Waals surface area contributed by atoms with Crippen LogP contribution in [0.3, 0.4) is 0 Å². The summed E-state index contributed by atoms with van der Waals surface area (Å²) in [6.45, 7) is 3.69. The van der Waals surface area contributed by atoms with E-state index < -0.39 is 12.2 Å². The largest absolute Gasteiger partial charge is 1.00 e. The molecule has 0 aromatic carbocycles. The van der Waals surface area contributed by atoms with Crippen LogP contribution in [0.1, 0.15) is 23.9 Å². The molecule has 1 aliphatic rings. The van der Waals surface area contributed by atoms with Gasteiger partial charge in [-0.25, -0.2) is 0 Å². The molecule has 1 fully saturated rings. The van der Waals surface area contributed by atoms with Crippen molar-refractivity contribution in [3.05, 3.63) is 17.5 Å². The number of hydrogen-bond acceptors (Lipinski definition) is 4. The molecule has 3 atom stereocenters. The fourth-order valence-electron chi connectivity index (χ4n) is 1.77. The second kappa shape index (κ2) is 6.06.